The molecule has 0 bridgehead atoms. The van der Waals surface area contributed by atoms with Crippen molar-refractivity contribution >= 4 is 5.82 Å². The third kappa shape index (κ3) is 4.39. The van der Waals surface area contributed by atoms with Gasteiger partial charge in [0.25, 0.3) is 0 Å². The van der Waals surface area contributed by atoms with Crippen molar-refractivity contribution in [1.29, 1.82) is 0 Å². The maximum atomic E-state index is 12.8. The highest BCUT2D eigenvalue weighted by molar-refractivity contribution is 5.41. The van der Waals surface area contributed by atoms with Gasteiger partial charge in [0.1, 0.15) is 12.1 Å². The SMILES string of the molecule is COc1cc(N2CCN(Cc3cccc(C(F)(F)F)c3)CC2)ncn1. The second-order valence-corrected chi connectivity index (χ2v) is 5.88. The molecule has 0 unspecified atom stereocenters. The van der Waals surface area contributed by atoms with Gasteiger partial charge in [-0.05, 0) is 11.6 Å². The zero-order chi connectivity index (χ0) is 17.9. The van der Waals surface area contributed by atoms with Crippen LogP contribution in [0.4, 0.5) is 19.0 Å². The second-order valence-electron chi connectivity index (χ2n) is 5.88. The zero-order valence-corrected chi connectivity index (χ0v) is 13.8. The van der Waals surface area contributed by atoms with Crippen LogP contribution in [-0.4, -0.2) is 48.2 Å². The van der Waals surface area contributed by atoms with Gasteiger partial charge in [0.15, 0.2) is 0 Å². The van der Waals surface area contributed by atoms with Crippen LogP contribution in [0.5, 0.6) is 5.88 Å². The molecule has 3 rings (SSSR count). The predicted octanol–water partition coefficient (Wildman–Crippen LogP) is 2.83. The van der Waals surface area contributed by atoms with Gasteiger partial charge in [-0.1, -0.05) is 18.2 Å². The monoisotopic (exact) mass is 352 g/mol. The van der Waals surface area contributed by atoms with Crippen molar-refractivity contribution in [2.45, 2.75) is 12.7 Å². The molecule has 0 atom stereocenters. The van der Waals surface area contributed by atoms with Crippen LogP contribution in [0.3, 0.4) is 0 Å². The third-order valence-electron chi connectivity index (χ3n) is 4.19. The standard InChI is InChI=1S/C17H19F3N4O/c1-25-16-10-15(21-12-22-16)24-7-5-23(6-8-24)11-13-3-2-4-14(9-13)17(18,19)20/h2-4,9-10,12H,5-8,11H2,1H3. The van der Waals surface area contributed by atoms with Crippen molar-refractivity contribution in [3.8, 4) is 5.88 Å². The number of aromatic nitrogens is 2. The first-order valence-electron chi connectivity index (χ1n) is 7.95. The summed E-state index contributed by atoms with van der Waals surface area (Å²) in [6.45, 7) is 3.51. The van der Waals surface area contributed by atoms with E-state index in [4.69, 9.17) is 4.74 Å². The Kier molecular flexibility index (Phi) is 5.08. The van der Waals surface area contributed by atoms with Gasteiger partial charge in [-0.3, -0.25) is 4.90 Å². The Balaban J connectivity index is 1.59. The summed E-state index contributed by atoms with van der Waals surface area (Å²) in [5.74, 6) is 1.31. The fourth-order valence-electron chi connectivity index (χ4n) is 2.85. The highest BCUT2D eigenvalue weighted by atomic mass is 19.4. The average molecular weight is 352 g/mol. The second kappa shape index (κ2) is 7.26. The maximum Gasteiger partial charge on any atom is 0.416 e. The van der Waals surface area contributed by atoms with Crippen molar-refractivity contribution in [2.24, 2.45) is 0 Å². The number of hydrogen-bond acceptors (Lipinski definition) is 5. The van der Waals surface area contributed by atoms with Crippen molar-refractivity contribution in [1.82, 2.24) is 14.9 Å². The molecule has 1 saturated heterocycles. The molecule has 0 spiro atoms. The van der Waals surface area contributed by atoms with Gasteiger partial charge < -0.3 is 9.64 Å². The summed E-state index contributed by atoms with van der Waals surface area (Å²) in [7, 11) is 1.55. The number of alkyl halides is 3. The van der Waals surface area contributed by atoms with Crippen LogP contribution in [0.1, 0.15) is 11.1 Å². The van der Waals surface area contributed by atoms with E-state index >= 15 is 0 Å². The lowest BCUT2D eigenvalue weighted by Crippen LogP contribution is -2.46. The predicted molar refractivity (Wildman–Crippen MR) is 87.5 cm³/mol. The number of benzene rings is 1. The molecule has 0 saturated carbocycles. The molecule has 5 nitrogen and oxygen atoms in total. The highest BCUT2D eigenvalue weighted by Crippen LogP contribution is 2.29. The molecular weight excluding hydrogens is 333 g/mol. The molecular formula is C17H19F3N4O. The van der Waals surface area contributed by atoms with Crippen LogP contribution in [0, 0.1) is 0 Å². The molecule has 1 aliphatic rings. The van der Waals surface area contributed by atoms with Gasteiger partial charge >= 0.3 is 6.18 Å². The first-order valence-corrected chi connectivity index (χ1v) is 7.95. The Hall–Kier alpha value is -2.35. The number of methoxy groups -OCH3 is 1. The summed E-state index contributed by atoms with van der Waals surface area (Å²) in [6, 6.07) is 7.30. The molecule has 0 N–H and O–H groups in total. The molecule has 134 valence electrons. The fraction of sp³-hybridized carbons (Fsp3) is 0.412. The van der Waals surface area contributed by atoms with Crippen molar-refractivity contribution in [2.75, 3.05) is 38.2 Å². The van der Waals surface area contributed by atoms with Crippen LogP contribution < -0.4 is 9.64 Å². The molecule has 0 aliphatic carbocycles. The van der Waals surface area contributed by atoms with Gasteiger partial charge in [-0.15, -0.1) is 0 Å². The van der Waals surface area contributed by atoms with E-state index in [-0.39, 0.29) is 0 Å². The van der Waals surface area contributed by atoms with E-state index in [1.54, 1.807) is 19.2 Å². The first-order chi connectivity index (χ1) is 12.0. The lowest BCUT2D eigenvalue weighted by atomic mass is 10.1. The van der Waals surface area contributed by atoms with Crippen molar-refractivity contribution in [3.63, 3.8) is 0 Å². The smallest absolute Gasteiger partial charge is 0.416 e. The van der Waals surface area contributed by atoms with Crippen LogP contribution in [0.15, 0.2) is 36.7 Å². The minimum absolute atomic E-state index is 0.505. The van der Waals surface area contributed by atoms with E-state index in [0.29, 0.717) is 18.0 Å². The number of halogens is 3. The molecule has 8 heteroatoms. The van der Waals surface area contributed by atoms with Gasteiger partial charge in [0.05, 0.1) is 12.7 Å². The average Bonchev–Trinajstić information content (AvgIpc) is 2.62. The molecule has 1 aliphatic heterocycles. The topological polar surface area (TPSA) is 41.5 Å². The minimum atomic E-state index is -4.30. The number of hydrogen-bond donors (Lipinski definition) is 0. The summed E-state index contributed by atoms with van der Waals surface area (Å²) in [6.07, 6.45) is -2.84. The normalized spacial score (nSPS) is 16.1. The van der Waals surface area contributed by atoms with E-state index in [9.17, 15) is 13.2 Å². The largest absolute Gasteiger partial charge is 0.481 e. The molecule has 2 aromatic rings. The molecule has 0 amide bonds. The van der Waals surface area contributed by atoms with Crippen molar-refractivity contribution in [3.05, 3.63) is 47.8 Å². The maximum absolute atomic E-state index is 12.8. The molecule has 0 radical (unpaired) electrons. The summed E-state index contributed by atoms with van der Waals surface area (Å²) in [4.78, 5) is 12.5. The van der Waals surface area contributed by atoms with Crippen molar-refractivity contribution < 1.29 is 17.9 Å². The Morgan fingerprint density at radius 2 is 1.84 bits per heavy atom. The first kappa shape index (κ1) is 17.5. The quantitative estimate of drug-likeness (QED) is 0.846. The van der Waals surface area contributed by atoms with Gasteiger partial charge in [0, 0.05) is 38.8 Å². The van der Waals surface area contributed by atoms with Crippen LogP contribution in [-0.2, 0) is 12.7 Å². The molecule has 2 heterocycles. The zero-order valence-electron chi connectivity index (χ0n) is 13.8. The molecule has 1 aromatic carbocycles. The summed E-state index contributed by atoms with van der Waals surface area (Å²) >= 11 is 0. The Labute approximate surface area is 144 Å². The van der Waals surface area contributed by atoms with E-state index in [1.165, 1.54) is 18.5 Å². The lowest BCUT2D eigenvalue weighted by Gasteiger charge is -2.35. The Morgan fingerprint density at radius 3 is 2.52 bits per heavy atom. The van der Waals surface area contributed by atoms with E-state index in [1.807, 2.05) is 0 Å². The third-order valence-corrected chi connectivity index (χ3v) is 4.19. The lowest BCUT2D eigenvalue weighted by molar-refractivity contribution is -0.137. The molecule has 25 heavy (non-hydrogen) atoms. The minimum Gasteiger partial charge on any atom is -0.481 e. The highest BCUT2D eigenvalue weighted by Gasteiger charge is 2.30. The number of piperazine rings is 1. The molecule has 1 fully saturated rings. The summed E-state index contributed by atoms with van der Waals surface area (Å²) in [5.41, 5.74) is 0.0729. The van der Waals surface area contributed by atoms with Crippen LogP contribution in [0.25, 0.3) is 0 Å². The number of nitrogens with zero attached hydrogens (tertiary/aromatic N) is 4. The van der Waals surface area contributed by atoms with E-state index in [2.05, 4.69) is 19.8 Å². The number of ether oxygens (including phenoxy) is 1. The Bertz CT molecular complexity index is 715. The van der Waals surface area contributed by atoms with Gasteiger partial charge in [0.2, 0.25) is 5.88 Å². The molecule has 1 aromatic heterocycles. The summed E-state index contributed by atoms with van der Waals surface area (Å²) in [5, 5.41) is 0. The van der Waals surface area contributed by atoms with Gasteiger partial charge in [-0.2, -0.15) is 13.2 Å². The van der Waals surface area contributed by atoms with Crippen LogP contribution >= 0.6 is 0 Å². The van der Waals surface area contributed by atoms with Gasteiger partial charge in [-0.25, -0.2) is 9.97 Å². The number of anilines is 1. The number of rotatable bonds is 4. The summed E-state index contributed by atoms with van der Waals surface area (Å²) < 4.78 is 43.5. The Morgan fingerprint density at radius 1 is 1.08 bits per heavy atom. The van der Waals surface area contributed by atoms with E-state index < -0.39 is 11.7 Å². The van der Waals surface area contributed by atoms with E-state index in [0.717, 1.165) is 38.1 Å². The fourth-order valence-corrected chi connectivity index (χ4v) is 2.85. The van der Waals surface area contributed by atoms with Crippen LogP contribution in [0.2, 0.25) is 0 Å².